The van der Waals surface area contributed by atoms with Gasteiger partial charge in [0.05, 0.1) is 23.8 Å². The van der Waals surface area contributed by atoms with Crippen LogP contribution in [0.25, 0.3) is 33.6 Å². The lowest BCUT2D eigenvalue weighted by Gasteiger charge is -2.22. The molecule has 2 bridgehead atoms. The van der Waals surface area contributed by atoms with Crippen LogP contribution in [0.5, 0.6) is 0 Å². The summed E-state index contributed by atoms with van der Waals surface area (Å²) in [5.74, 6) is 6.60. The summed E-state index contributed by atoms with van der Waals surface area (Å²) in [6, 6.07) is 14.0. The fourth-order valence-electron chi connectivity index (χ4n) is 8.62. The maximum Gasteiger partial charge on any atom is 0.109 e. The third-order valence-electron chi connectivity index (χ3n) is 10.7. The van der Waals surface area contributed by atoms with Crippen molar-refractivity contribution >= 4 is 0 Å². The predicted octanol–water partition coefficient (Wildman–Crippen LogP) is 9.31. The van der Waals surface area contributed by atoms with E-state index in [-0.39, 0.29) is 0 Å². The van der Waals surface area contributed by atoms with Crippen LogP contribution < -0.4 is 0 Å². The summed E-state index contributed by atoms with van der Waals surface area (Å²) >= 11 is 0. The molecule has 2 aromatic heterocycles. The van der Waals surface area contributed by atoms with Crippen LogP contribution >= 0.6 is 0 Å². The van der Waals surface area contributed by atoms with Gasteiger partial charge in [0.15, 0.2) is 0 Å². The van der Waals surface area contributed by atoms with Crippen molar-refractivity contribution < 1.29 is 0 Å². The molecule has 4 aliphatic rings. The van der Waals surface area contributed by atoms with E-state index in [2.05, 4.69) is 66.4 Å². The van der Waals surface area contributed by atoms with E-state index in [4.69, 9.17) is 9.97 Å². The van der Waals surface area contributed by atoms with Crippen LogP contribution in [0.1, 0.15) is 118 Å². The van der Waals surface area contributed by atoms with Gasteiger partial charge in [0.2, 0.25) is 0 Å². The number of aromatic amines is 2. The topological polar surface area (TPSA) is 57.4 Å². The Labute approximate surface area is 232 Å². The van der Waals surface area contributed by atoms with Gasteiger partial charge in [0, 0.05) is 17.4 Å². The predicted molar refractivity (Wildman–Crippen MR) is 158 cm³/mol. The van der Waals surface area contributed by atoms with Crippen LogP contribution in [0.2, 0.25) is 0 Å². The number of nitrogens with zero attached hydrogens (tertiary/aromatic N) is 2. The van der Waals surface area contributed by atoms with Gasteiger partial charge >= 0.3 is 0 Å². The molecule has 0 radical (unpaired) electrons. The maximum absolute atomic E-state index is 4.88. The van der Waals surface area contributed by atoms with Crippen molar-refractivity contribution in [2.75, 3.05) is 0 Å². The minimum Gasteiger partial charge on any atom is -0.342 e. The van der Waals surface area contributed by atoms with Gasteiger partial charge in [0.1, 0.15) is 11.6 Å². The molecule has 0 spiro atoms. The summed E-state index contributed by atoms with van der Waals surface area (Å²) in [4.78, 5) is 17.1. The Morgan fingerprint density at radius 2 is 1.05 bits per heavy atom. The van der Waals surface area contributed by atoms with Gasteiger partial charge in [-0.25, -0.2) is 9.97 Å². The van der Waals surface area contributed by atoms with Crippen LogP contribution in [-0.2, 0) is 0 Å². The fourth-order valence-corrected chi connectivity index (χ4v) is 8.62. The molecular formula is C35H40N4. The molecule has 0 aliphatic heterocycles. The first-order valence-electron chi connectivity index (χ1n) is 15.5. The van der Waals surface area contributed by atoms with E-state index in [0.29, 0.717) is 23.7 Å². The Hall–Kier alpha value is -3.14. The average Bonchev–Trinajstić information content (AvgIpc) is 3.79. The van der Waals surface area contributed by atoms with Crippen molar-refractivity contribution in [1.82, 2.24) is 19.9 Å². The number of fused-ring (bicyclic) bond motifs is 5. The zero-order valence-electron chi connectivity index (χ0n) is 23.3. The molecule has 8 rings (SSSR count). The highest BCUT2D eigenvalue weighted by atomic mass is 14.9. The van der Waals surface area contributed by atoms with E-state index in [1.807, 2.05) is 6.20 Å². The van der Waals surface area contributed by atoms with Crippen molar-refractivity contribution in [2.24, 2.45) is 11.8 Å². The van der Waals surface area contributed by atoms with Crippen molar-refractivity contribution in [3.8, 4) is 33.6 Å². The summed E-state index contributed by atoms with van der Waals surface area (Å²) in [5.41, 5.74) is 11.0. The molecule has 2 heterocycles. The number of H-pyrrole nitrogens is 2. The Morgan fingerprint density at radius 3 is 1.67 bits per heavy atom. The number of hydrogen-bond donors (Lipinski definition) is 2. The molecule has 3 fully saturated rings. The van der Waals surface area contributed by atoms with Gasteiger partial charge in [0.25, 0.3) is 0 Å². The third kappa shape index (κ3) is 4.01. The maximum atomic E-state index is 4.88. The molecule has 0 saturated heterocycles. The van der Waals surface area contributed by atoms with Crippen LogP contribution in [0.15, 0.2) is 48.8 Å². The smallest absolute Gasteiger partial charge is 0.109 e. The summed E-state index contributed by atoms with van der Waals surface area (Å²) in [5, 5.41) is 0. The summed E-state index contributed by atoms with van der Waals surface area (Å²) in [6.07, 6.45) is 15.8. The molecule has 0 amide bonds. The normalized spacial score (nSPS) is 29.4. The second kappa shape index (κ2) is 9.21. The molecule has 3 unspecified atom stereocenters. The highest BCUT2D eigenvalue weighted by Crippen LogP contribution is 2.58. The zero-order chi connectivity index (χ0) is 26.1. The molecule has 200 valence electrons. The van der Waals surface area contributed by atoms with Gasteiger partial charge in [-0.3, -0.25) is 0 Å². The molecular weight excluding hydrogens is 476 g/mol. The first-order valence-corrected chi connectivity index (χ1v) is 15.5. The lowest BCUT2D eigenvalue weighted by Crippen LogP contribution is -2.03. The lowest BCUT2D eigenvalue weighted by atomic mass is 9.82. The lowest BCUT2D eigenvalue weighted by molar-refractivity contribution is 0.588. The van der Waals surface area contributed by atoms with Crippen molar-refractivity contribution in [3.63, 3.8) is 0 Å². The molecule has 2 N–H and O–H groups in total. The minimum absolute atomic E-state index is 0.595. The van der Waals surface area contributed by atoms with Crippen LogP contribution in [0.3, 0.4) is 0 Å². The van der Waals surface area contributed by atoms with Gasteiger partial charge in [-0.2, -0.15) is 0 Å². The molecule has 6 atom stereocenters. The Morgan fingerprint density at radius 1 is 0.538 bits per heavy atom. The minimum atomic E-state index is 0.595. The van der Waals surface area contributed by atoms with E-state index in [1.165, 1.54) is 97.4 Å². The molecule has 4 aromatic rings. The Kier molecular flexibility index (Phi) is 5.60. The summed E-state index contributed by atoms with van der Waals surface area (Å²) in [7, 11) is 0. The SMILES string of the molecule is C[C@H]1CCC(c2ncc(-c3ccc(-c4ccc(-c5cnc([C@@H]6CC[C@H](C)C6)[nH]5)cc4)c4c3C3CCC4C3)[nH]2)C1. The van der Waals surface area contributed by atoms with Gasteiger partial charge < -0.3 is 9.97 Å². The third-order valence-corrected chi connectivity index (χ3v) is 10.7. The van der Waals surface area contributed by atoms with Gasteiger partial charge in [-0.05, 0) is 109 Å². The van der Waals surface area contributed by atoms with Gasteiger partial charge in [-0.15, -0.1) is 0 Å². The standard InChI is InChI=1S/C35H40N4/c1-20-3-5-26(15-20)34-36-18-30(38-34)23-9-7-22(8-10-23)28-13-14-29(33-25-12-11-24(17-25)32(28)33)31-19-37-35(39-31)27-6-4-21(2)16-27/h7-10,13-14,18-21,24-27H,3-6,11-12,15-17H2,1-2H3,(H,36,38)(H,37,39)/t20-,21-,24?,25?,26+,27?/m0/s1. The largest absolute Gasteiger partial charge is 0.342 e. The number of rotatable bonds is 5. The molecule has 39 heavy (non-hydrogen) atoms. The number of imidazole rings is 2. The van der Waals surface area contributed by atoms with E-state index in [1.54, 1.807) is 11.1 Å². The average molecular weight is 517 g/mol. The second-order valence-corrected chi connectivity index (χ2v) is 13.4. The number of hydrogen-bond acceptors (Lipinski definition) is 2. The fraction of sp³-hybridized carbons (Fsp3) is 0.486. The van der Waals surface area contributed by atoms with Crippen LogP contribution in [-0.4, -0.2) is 19.9 Å². The number of benzene rings is 2. The van der Waals surface area contributed by atoms with Crippen molar-refractivity contribution in [2.45, 2.75) is 95.3 Å². The van der Waals surface area contributed by atoms with Crippen molar-refractivity contribution in [3.05, 3.63) is 71.6 Å². The molecule has 4 heteroatoms. The zero-order valence-corrected chi connectivity index (χ0v) is 23.3. The molecule has 4 aliphatic carbocycles. The highest BCUT2D eigenvalue weighted by molar-refractivity contribution is 5.80. The monoisotopic (exact) mass is 516 g/mol. The van der Waals surface area contributed by atoms with E-state index < -0.39 is 0 Å². The van der Waals surface area contributed by atoms with Crippen LogP contribution in [0.4, 0.5) is 0 Å². The second-order valence-electron chi connectivity index (χ2n) is 13.4. The summed E-state index contributed by atoms with van der Waals surface area (Å²) in [6.45, 7) is 4.74. The highest BCUT2D eigenvalue weighted by Gasteiger charge is 2.40. The van der Waals surface area contributed by atoms with E-state index in [0.717, 1.165) is 17.5 Å². The first kappa shape index (κ1) is 23.7. The quantitative estimate of drug-likeness (QED) is 0.278. The first-order chi connectivity index (χ1) is 19.1. The molecule has 4 nitrogen and oxygen atoms in total. The molecule has 2 aromatic carbocycles. The Bertz CT molecular complexity index is 1510. The van der Waals surface area contributed by atoms with E-state index in [9.17, 15) is 0 Å². The number of aromatic nitrogens is 4. The van der Waals surface area contributed by atoms with E-state index >= 15 is 0 Å². The number of nitrogens with one attached hydrogen (secondary N) is 2. The Balaban J connectivity index is 1.10. The van der Waals surface area contributed by atoms with Gasteiger partial charge in [-0.1, -0.05) is 50.2 Å². The van der Waals surface area contributed by atoms with Crippen molar-refractivity contribution in [1.29, 1.82) is 0 Å². The van der Waals surface area contributed by atoms with Crippen LogP contribution in [0, 0.1) is 11.8 Å². The summed E-state index contributed by atoms with van der Waals surface area (Å²) < 4.78 is 0. The molecule has 3 saturated carbocycles.